The zero-order chi connectivity index (χ0) is 18.3. The maximum Gasteiger partial charge on any atom is 0.414 e. The number of cyclic esters (lactones) is 1. The van der Waals surface area contributed by atoms with Crippen LogP contribution in [0.2, 0.25) is 0 Å². The molecule has 0 radical (unpaired) electrons. The summed E-state index contributed by atoms with van der Waals surface area (Å²) in [6, 6.07) is 5.48. The summed E-state index contributed by atoms with van der Waals surface area (Å²) >= 11 is 0. The van der Waals surface area contributed by atoms with Crippen molar-refractivity contribution in [1.82, 2.24) is 10.3 Å². The molecule has 0 bridgehead atoms. The van der Waals surface area contributed by atoms with Crippen LogP contribution in [0.4, 0.5) is 10.5 Å². The molecule has 7 heteroatoms. The first-order valence-electron chi connectivity index (χ1n) is 8.72. The number of benzene rings is 1. The summed E-state index contributed by atoms with van der Waals surface area (Å²) in [6.45, 7) is 3.36. The zero-order valence-electron chi connectivity index (χ0n) is 14.4. The summed E-state index contributed by atoms with van der Waals surface area (Å²) in [5.41, 5.74) is 2.99. The van der Waals surface area contributed by atoms with E-state index in [1.165, 1.54) is 0 Å². The predicted molar refractivity (Wildman–Crippen MR) is 97.2 cm³/mol. The Morgan fingerprint density at radius 2 is 2.19 bits per heavy atom. The molecule has 1 saturated heterocycles. The van der Waals surface area contributed by atoms with Gasteiger partial charge in [0.2, 0.25) is 0 Å². The number of amides is 2. The number of H-pyrrole nitrogens is 1. The predicted octanol–water partition coefficient (Wildman–Crippen LogP) is 2.62. The van der Waals surface area contributed by atoms with E-state index in [4.69, 9.17) is 4.74 Å². The minimum atomic E-state index is -0.379. The van der Waals surface area contributed by atoms with Gasteiger partial charge in [0.1, 0.15) is 0 Å². The van der Waals surface area contributed by atoms with Crippen molar-refractivity contribution in [2.75, 3.05) is 24.6 Å². The average Bonchev–Trinajstić information content (AvgIpc) is 3.02. The Labute approximate surface area is 150 Å². The number of rotatable bonds is 3. The number of carbonyl (C=O) groups is 3. The number of aromatic nitrogens is 1. The van der Waals surface area contributed by atoms with Crippen LogP contribution in [-0.2, 0) is 9.53 Å². The van der Waals surface area contributed by atoms with Crippen molar-refractivity contribution in [3.05, 3.63) is 35.5 Å². The van der Waals surface area contributed by atoms with Crippen LogP contribution in [0.3, 0.4) is 0 Å². The van der Waals surface area contributed by atoms with Gasteiger partial charge in [-0.05, 0) is 31.5 Å². The van der Waals surface area contributed by atoms with E-state index in [-0.39, 0.29) is 24.2 Å². The van der Waals surface area contributed by atoms with Crippen LogP contribution in [0, 0.1) is 0 Å². The third-order valence-corrected chi connectivity index (χ3v) is 4.69. The number of hydrogen-bond acceptors (Lipinski definition) is 4. The number of Topliss-reactive ketones (excluding diaryl/α,β-unsaturated/α-hetero) is 1. The molecule has 26 heavy (non-hydrogen) atoms. The molecule has 7 nitrogen and oxygen atoms in total. The molecular weight excluding hydrogens is 334 g/mol. The van der Waals surface area contributed by atoms with Crippen LogP contribution >= 0.6 is 0 Å². The topological polar surface area (TPSA) is 91.5 Å². The highest BCUT2D eigenvalue weighted by atomic mass is 16.6. The molecule has 1 aromatic carbocycles. The van der Waals surface area contributed by atoms with E-state index < -0.39 is 0 Å². The van der Waals surface area contributed by atoms with Crippen molar-refractivity contribution in [1.29, 1.82) is 0 Å². The highest BCUT2D eigenvalue weighted by molar-refractivity contribution is 6.28. The smallest absolute Gasteiger partial charge is 0.414 e. The normalized spacial score (nSPS) is 17.0. The van der Waals surface area contributed by atoms with E-state index in [2.05, 4.69) is 10.3 Å². The van der Waals surface area contributed by atoms with E-state index in [9.17, 15) is 14.4 Å². The Morgan fingerprint density at radius 3 is 2.96 bits per heavy atom. The van der Waals surface area contributed by atoms with Gasteiger partial charge in [-0.3, -0.25) is 14.5 Å². The Hall–Kier alpha value is -3.09. The summed E-state index contributed by atoms with van der Waals surface area (Å²) in [5, 5.41) is 3.54. The number of anilines is 1. The maximum atomic E-state index is 12.5. The lowest BCUT2D eigenvalue weighted by atomic mass is 9.92. The Balaban J connectivity index is 1.85. The summed E-state index contributed by atoms with van der Waals surface area (Å²) in [7, 11) is 0. The SMILES string of the molecule is CCNC(=O)C1=CCC(=O)c2[nH]c3ccc(N4CCCOC4=O)cc3c21. The number of ketones is 1. The van der Waals surface area contributed by atoms with E-state index >= 15 is 0 Å². The monoisotopic (exact) mass is 353 g/mol. The standard InChI is InChI=1S/C19H19N3O4/c1-2-20-18(24)12-5-7-15(23)17-16(12)13-10-11(4-6-14(13)21-17)22-8-3-9-26-19(22)25/h4-6,10,21H,2-3,7-9H2,1H3,(H,20,24). The van der Waals surface area contributed by atoms with Crippen molar-refractivity contribution < 1.29 is 19.1 Å². The molecule has 2 aromatic rings. The van der Waals surface area contributed by atoms with Gasteiger partial charge >= 0.3 is 6.09 Å². The lowest BCUT2D eigenvalue weighted by Gasteiger charge is -2.26. The lowest BCUT2D eigenvalue weighted by molar-refractivity contribution is -0.115. The number of carbonyl (C=O) groups excluding carboxylic acids is 3. The van der Waals surface area contributed by atoms with Gasteiger partial charge in [0.25, 0.3) is 5.91 Å². The van der Waals surface area contributed by atoms with Crippen molar-refractivity contribution in [3.8, 4) is 0 Å². The number of ether oxygens (including phenoxy) is 1. The fourth-order valence-electron chi connectivity index (χ4n) is 3.48. The minimum Gasteiger partial charge on any atom is -0.449 e. The molecule has 1 aliphatic heterocycles. The molecular formula is C19H19N3O4. The number of hydrogen-bond donors (Lipinski definition) is 2. The van der Waals surface area contributed by atoms with Gasteiger partial charge in [-0.2, -0.15) is 0 Å². The Morgan fingerprint density at radius 1 is 1.35 bits per heavy atom. The largest absolute Gasteiger partial charge is 0.449 e. The zero-order valence-corrected chi connectivity index (χ0v) is 14.4. The molecule has 2 heterocycles. The van der Waals surface area contributed by atoms with Gasteiger partial charge in [-0.15, -0.1) is 0 Å². The lowest BCUT2D eigenvalue weighted by Crippen LogP contribution is -2.37. The van der Waals surface area contributed by atoms with Gasteiger partial charge in [-0.25, -0.2) is 4.79 Å². The van der Waals surface area contributed by atoms with Crippen molar-refractivity contribution in [2.24, 2.45) is 0 Å². The van der Waals surface area contributed by atoms with Crippen molar-refractivity contribution >= 4 is 39.9 Å². The number of aromatic amines is 1. The highest BCUT2D eigenvalue weighted by Crippen LogP contribution is 2.36. The minimum absolute atomic E-state index is 0.0526. The summed E-state index contributed by atoms with van der Waals surface area (Å²) < 4.78 is 5.11. The van der Waals surface area contributed by atoms with Crippen LogP contribution in [0.15, 0.2) is 24.3 Å². The van der Waals surface area contributed by atoms with Gasteiger partial charge in [0, 0.05) is 47.2 Å². The summed E-state index contributed by atoms with van der Waals surface area (Å²) in [4.78, 5) is 41.5. The van der Waals surface area contributed by atoms with Gasteiger partial charge < -0.3 is 15.0 Å². The molecule has 1 aromatic heterocycles. The van der Waals surface area contributed by atoms with Gasteiger partial charge in [0.05, 0.1) is 12.3 Å². The first-order chi connectivity index (χ1) is 12.6. The molecule has 2 amide bonds. The van der Waals surface area contributed by atoms with E-state index in [1.54, 1.807) is 11.0 Å². The average molecular weight is 353 g/mol. The number of allylic oxidation sites excluding steroid dienone is 1. The van der Waals surface area contributed by atoms with Gasteiger partial charge in [0.15, 0.2) is 5.78 Å². The van der Waals surface area contributed by atoms with Crippen LogP contribution in [0.1, 0.15) is 35.8 Å². The first kappa shape index (κ1) is 16.4. The second-order valence-corrected chi connectivity index (χ2v) is 6.33. The quantitative estimate of drug-likeness (QED) is 0.887. The van der Waals surface area contributed by atoms with Gasteiger partial charge in [-0.1, -0.05) is 6.08 Å². The fourth-order valence-corrected chi connectivity index (χ4v) is 3.48. The molecule has 1 fully saturated rings. The Kier molecular flexibility index (Phi) is 3.99. The van der Waals surface area contributed by atoms with Crippen LogP contribution in [0.5, 0.6) is 0 Å². The summed E-state index contributed by atoms with van der Waals surface area (Å²) in [5.74, 6) is -0.256. The van der Waals surface area contributed by atoms with E-state index in [0.717, 1.165) is 17.3 Å². The molecule has 2 N–H and O–H groups in total. The second kappa shape index (κ2) is 6.33. The molecule has 2 aliphatic rings. The maximum absolute atomic E-state index is 12.5. The molecule has 0 saturated carbocycles. The third-order valence-electron chi connectivity index (χ3n) is 4.69. The fraction of sp³-hybridized carbons (Fsp3) is 0.316. The third kappa shape index (κ3) is 2.56. The molecule has 0 unspecified atom stereocenters. The number of nitrogens with one attached hydrogen (secondary N) is 2. The molecule has 0 atom stereocenters. The molecule has 1 aliphatic carbocycles. The number of fused-ring (bicyclic) bond motifs is 3. The second-order valence-electron chi connectivity index (χ2n) is 6.33. The number of likely N-dealkylation sites (N-methyl/N-ethyl adjacent to an activating group) is 1. The van der Waals surface area contributed by atoms with Crippen LogP contribution in [-0.4, -0.2) is 42.5 Å². The molecule has 0 spiro atoms. The highest BCUT2D eigenvalue weighted by Gasteiger charge is 2.29. The summed E-state index contributed by atoms with van der Waals surface area (Å²) in [6.07, 6.45) is 2.25. The molecule has 4 rings (SSSR count). The van der Waals surface area contributed by atoms with Crippen molar-refractivity contribution in [2.45, 2.75) is 19.8 Å². The molecule has 134 valence electrons. The van der Waals surface area contributed by atoms with Crippen LogP contribution < -0.4 is 10.2 Å². The van der Waals surface area contributed by atoms with Crippen molar-refractivity contribution in [3.63, 3.8) is 0 Å². The Bertz CT molecular complexity index is 957. The van der Waals surface area contributed by atoms with E-state index in [1.807, 2.05) is 25.1 Å². The first-order valence-corrected chi connectivity index (χ1v) is 8.72. The van der Waals surface area contributed by atoms with E-state index in [0.29, 0.717) is 42.2 Å². The van der Waals surface area contributed by atoms with Crippen LogP contribution in [0.25, 0.3) is 16.5 Å². The number of nitrogens with zero attached hydrogens (tertiary/aromatic N) is 1.